The van der Waals surface area contributed by atoms with Gasteiger partial charge in [0.1, 0.15) is 11.2 Å². The highest BCUT2D eigenvalue weighted by Crippen LogP contribution is 2.42. The predicted octanol–water partition coefficient (Wildman–Crippen LogP) is 8.48. The number of hydrogen-bond donors (Lipinski definition) is 0. The Morgan fingerprint density at radius 1 is 0.879 bits per heavy atom. The molecule has 0 N–H and O–H groups in total. The molecule has 0 aliphatic carbocycles. The zero-order valence-electron chi connectivity index (χ0n) is 20.1. The summed E-state index contributed by atoms with van der Waals surface area (Å²) in [6, 6.07) is 25.8. The van der Waals surface area contributed by atoms with E-state index >= 15 is 0 Å². The van der Waals surface area contributed by atoms with Gasteiger partial charge >= 0.3 is 0 Å². The summed E-state index contributed by atoms with van der Waals surface area (Å²) >= 11 is 0. The predicted molar refractivity (Wildman–Crippen MR) is 139 cm³/mol. The van der Waals surface area contributed by atoms with Crippen LogP contribution in [0.25, 0.3) is 33.2 Å². The summed E-state index contributed by atoms with van der Waals surface area (Å²) < 4.78 is 6.46. The zero-order valence-corrected chi connectivity index (χ0v) is 20.1. The fraction of sp³-hybridized carbons (Fsp3) is 0.258. The molecule has 2 nitrogen and oxygen atoms in total. The van der Waals surface area contributed by atoms with E-state index in [0.29, 0.717) is 5.92 Å². The fourth-order valence-electron chi connectivity index (χ4n) is 4.83. The number of fused-ring (bicyclic) bond motifs is 3. The number of para-hydroxylation sites is 1. The van der Waals surface area contributed by atoms with Crippen molar-refractivity contribution in [2.45, 2.75) is 46.5 Å². The number of aryl methyl sites for hydroxylation is 1. The second-order valence-corrected chi connectivity index (χ2v) is 10.1. The molecule has 0 amide bonds. The molecule has 33 heavy (non-hydrogen) atoms. The van der Waals surface area contributed by atoms with Gasteiger partial charge in [-0.25, -0.2) is 0 Å². The van der Waals surface area contributed by atoms with Crippen molar-refractivity contribution in [1.82, 2.24) is 4.98 Å². The number of benzene rings is 3. The molecule has 0 fully saturated rings. The molecule has 0 aliphatic rings. The lowest BCUT2D eigenvalue weighted by atomic mass is 9.76. The molecule has 166 valence electrons. The average molecular weight is 434 g/mol. The SMILES string of the molecule is Cc1cnc(-c2cc(C(C)(C)c3ccccc3)c3oc4ccccc4c3c2)cc1CC(C)C. The lowest BCUT2D eigenvalue weighted by Gasteiger charge is -2.27. The van der Waals surface area contributed by atoms with E-state index in [0.717, 1.165) is 39.6 Å². The molecular formula is C31H31NO. The lowest BCUT2D eigenvalue weighted by Crippen LogP contribution is -2.19. The molecule has 0 saturated heterocycles. The second kappa shape index (κ2) is 8.19. The smallest absolute Gasteiger partial charge is 0.139 e. The van der Waals surface area contributed by atoms with E-state index in [-0.39, 0.29) is 5.41 Å². The first-order chi connectivity index (χ1) is 15.8. The Labute approximate surface area is 196 Å². The van der Waals surface area contributed by atoms with Crippen molar-refractivity contribution in [1.29, 1.82) is 0 Å². The van der Waals surface area contributed by atoms with Crippen LogP contribution in [0.3, 0.4) is 0 Å². The summed E-state index contributed by atoms with van der Waals surface area (Å²) in [7, 11) is 0. The molecule has 0 spiro atoms. The van der Waals surface area contributed by atoms with Crippen LogP contribution in [0.4, 0.5) is 0 Å². The van der Waals surface area contributed by atoms with Crippen molar-refractivity contribution in [2.75, 3.05) is 0 Å². The van der Waals surface area contributed by atoms with Gasteiger partial charge in [-0.1, -0.05) is 76.2 Å². The highest BCUT2D eigenvalue weighted by atomic mass is 16.3. The first kappa shape index (κ1) is 21.5. The van der Waals surface area contributed by atoms with Crippen LogP contribution in [0, 0.1) is 12.8 Å². The van der Waals surface area contributed by atoms with Gasteiger partial charge in [-0.3, -0.25) is 4.98 Å². The summed E-state index contributed by atoms with van der Waals surface area (Å²) in [4.78, 5) is 4.85. The van der Waals surface area contributed by atoms with E-state index in [1.54, 1.807) is 0 Å². The van der Waals surface area contributed by atoms with E-state index < -0.39 is 0 Å². The van der Waals surface area contributed by atoms with Crippen LogP contribution in [0.15, 0.2) is 83.4 Å². The first-order valence-corrected chi connectivity index (χ1v) is 11.8. The third-order valence-electron chi connectivity index (χ3n) is 6.79. The fourth-order valence-corrected chi connectivity index (χ4v) is 4.83. The van der Waals surface area contributed by atoms with Gasteiger partial charge in [0.2, 0.25) is 0 Å². The van der Waals surface area contributed by atoms with Gasteiger partial charge < -0.3 is 4.42 Å². The minimum Gasteiger partial charge on any atom is -0.456 e. The van der Waals surface area contributed by atoms with Gasteiger partial charge in [-0.2, -0.15) is 0 Å². The molecule has 2 aromatic heterocycles. The summed E-state index contributed by atoms with van der Waals surface area (Å²) in [6.07, 6.45) is 3.08. The van der Waals surface area contributed by atoms with Crippen LogP contribution in [-0.2, 0) is 11.8 Å². The quantitative estimate of drug-likeness (QED) is 0.278. The normalized spacial score (nSPS) is 12.2. The lowest BCUT2D eigenvalue weighted by molar-refractivity contribution is 0.608. The van der Waals surface area contributed by atoms with Crippen LogP contribution in [0.5, 0.6) is 0 Å². The first-order valence-electron chi connectivity index (χ1n) is 11.8. The standard InChI is InChI=1S/C31H31NO/c1-20(2)15-22-18-28(32-19-21(22)3)23-16-26-25-13-9-10-14-29(25)33-30(26)27(17-23)31(4,5)24-11-7-6-8-12-24/h6-14,16-20H,15H2,1-5H3. The third kappa shape index (κ3) is 3.84. The van der Waals surface area contributed by atoms with E-state index in [4.69, 9.17) is 9.40 Å². The van der Waals surface area contributed by atoms with Gasteiger partial charge in [-0.05, 0) is 60.2 Å². The Morgan fingerprint density at radius 2 is 1.61 bits per heavy atom. The minimum absolute atomic E-state index is 0.227. The Hall–Kier alpha value is -3.39. The number of pyridine rings is 1. The van der Waals surface area contributed by atoms with E-state index in [1.165, 1.54) is 22.3 Å². The van der Waals surface area contributed by atoms with Crippen molar-refractivity contribution >= 4 is 21.9 Å². The Morgan fingerprint density at radius 3 is 2.36 bits per heavy atom. The molecule has 0 aliphatic heterocycles. The highest BCUT2D eigenvalue weighted by Gasteiger charge is 2.28. The largest absolute Gasteiger partial charge is 0.456 e. The summed E-state index contributed by atoms with van der Waals surface area (Å²) in [5, 5.41) is 2.30. The Kier molecular flexibility index (Phi) is 5.32. The van der Waals surface area contributed by atoms with Gasteiger partial charge in [0.05, 0.1) is 5.69 Å². The molecule has 0 saturated carbocycles. The molecule has 2 heterocycles. The molecule has 5 aromatic rings. The van der Waals surface area contributed by atoms with Crippen LogP contribution in [-0.4, -0.2) is 4.98 Å². The van der Waals surface area contributed by atoms with Crippen molar-refractivity contribution in [2.24, 2.45) is 5.92 Å². The molecular weight excluding hydrogens is 402 g/mol. The van der Waals surface area contributed by atoms with Gasteiger partial charge in [0.15, 0.2) is 0 Å². The molecule has 0 atom stereocenters. The van der Waals surface area contributed by atoms with E-state index in [1.807, 2.05) is 12.3 Å². The molecule has 2 heteroatoms. The van der Waals surface area contributed by atoms with Gasteiger partial charge in [-0.15, -0.1) is 0 Å². The molecule has 5 rings (SSSR count). The summed E-state index contributed by atoms with van der Waals surface area (Å²) in [5.41, 5.74) is 8.89. The summed E-state index contributed by atoms with van der Waals surface area (Å²) in [6.45, 7) is 11.3. The maximum atomic E-state index is 6.46. The maximum Gasteiger partial charge on any atom is 0.139 e. The highest BCUT2D eigenvalue weighted by molar-refractivity contribution is 6.07. The third-order valence-corrected chi connectivity index (χ3v) is 6.79. The molecule has 0 radical (unpaired) electrons. The average Bonchev–Trinajstić information content (AvgIpc) is 3.19. The Balaban J connectivity index is 1.79. The van der Waals surface area contributed by atoms with Gasteiger partial charge in [0, 0.05) is 33.5 Å². The van der Waals surface area contributed by atoms with Crippen LogP contribution < -0.4 is 0 Å². The minimum atomic E-state index is -0.227. The van der Waals surface area contributed by atoms with Crippen molar-refractivity contribution in [3.05, 3.63) is 101 Å². The number of nitrogens with zero attached hydrogens (tertiary/aromatic N) is 1. The van der Waals surface area contributed by atoms with Gasteiger partial charge in [0.25, 0.3) is 0 Å². The number of furan rings is 1. The number of rotatable bonds is 5. The van der Waals surface area contributed by atoms with Crippen molar-refractivity contribution in [3.8, 4) is 11.3 Å². The number of aromatic nitrogens is 1. The topological polar surface area (TPSA) is 26.0 Å². The second-order valence-electron chi connectivity index (χ2n) is 10.1. The van der Waals surface area contributed by atoms with Crippen molar-refractivity contribution in [3.63, 3.8) is 0 Å². The molecule has 0 bridgehead atoms. The number of hydrogen-bond acceptors (Lipinski definition) is 2. The molecule has 3 aromatic carbocycles. The van der Waals surface area contributed by atoms with E-state index in [9.17, 15) is 0 Å². The maximum absolute atomic E-state index is 6.46. The van der Waals surface area contributed by atoms with E-state index in [2.05, 4.69) is 101 Å². The zero-order chi connectivity index (χ0) is 23.2. The van der Waals surface area contributed by atoms with Crippen LogP contribution in [0.1, 0.15) is 49.9 Å². The van der Waals surface area contributed by atoms with Crippen LogP contribution >= 0.6 is 0 Å². The Bertz CT molecular complexity index is 1440. The monoisotopic (exact) mass is 433 g/mol. The van der Waals surface area contributed by atoms with Crippen LogP contribution in [0.2, 0.25) is 0 Å². The van der Waals surface area contributed by atoms with Crippen molar-refractivity contribution < 1.29 is 4.42 Å². The summed E-state index contributed by atoms with van der Waals surface area (Å²) in [5.74, 6) is 0.604. The molecule has 0 unspecified atom stereocenters.